The SMILES string of the molecule is COc1cccc2c1cc(C(N)=O)n2[C@@H](CC(C)C)[C@@H](O)CN(CC#N)C[C@@H]1CCNC1=O. The molecule has 9 nitrogen and oxygen atoms in total. The summed E-state index contributed by atoms with van der Waals surface area (Å²) in [6.45, 7) is 5.40. The number of hydrogen-bond acceptors (Lipinski definition) is 6. The van der Waals surface area contributed by atoms with E-state index in [0.717, 1.165) is 10.9 Å². The van der Waals surface area contributed by atoms with Gasteiger partial charge in [0.05, 0.1) is 43.3 Å². The fourth-order valence-corrected chi connectivity index (χ4v) is 4.69. The van der Waals surface area contributed by atoms with Gasteiger partial charge in [-0.15, -0.1) is 0 Å². The number of nitrogens with zero attached hydrogens (tertiary/aromatic N) is 3. The fraction of sp³-hybridized carbons (Fsp3) is 0.542. The third kappa shape index (κ3) is 5.46. The molecule has 0 unspecified atom stereocenters. The molecular weight excluding hydrogens is 422 g/mol. The molecule has 3 rings (SSSR count). The molecule has 0 spiro atoms. The molecule has 1 saturated heterocycles. The second-order valence-corrected chi connectivity index (χ2v) is 9.05. The minimum Gasteiger partial charge on any atom is -0.496 e. The number of aliphatic hydroxyl groups is 1. The lowest BCUT2D eigenvalue weighted by molar-refractivity contribution is -0.123. The van der Waals surface area contributed by atoms with E-state index in [2.05, 4.69) is 11.4 Å². The van der Waals surface area contributed by atoms with Gasteiger partial charge in [-0.2, -0.15) is 5.26 Å². The van der Waals surface area contributed by atoms with Crippen molar-refractivity contribution in [1.82, 2.24) is 14.8 Å². The van der Waals surface area contributed by atoms with Crippen LogP contribution in [0.4, 0.5) is 0 Å². The lowest BCUT2D eigenvalue weighted by Gasteiger charge is -2.32. The van der Waals surface area contributed by atoms with Gasteiger partial charge in [0.2, 0.25) is 5.91 Å². The number of fused-ring (bicyclic) bond motifs is 1. The average molecular weight is 456 g/mol. The standard InChI is InChI=1S/C24H33N5O4/c1-15(2)11-19(21(30)14-28(10-8-25)13-16-7-9-27-24(16)32)29-18-5-4-6-22(33-3)17(18)12-20(29)23(26)31/h4-6,12,15-16,19,21,30H,7,9-11,13-14H2,1-3H3,(H2,26,31)(H,27,32)/t16-,19-,21-/m0/s1. The number of aromatic nitrogens is 1. The molecule has 1 aromatic heterocycles. The third-order valence-corrected chi connectivity index (χ3v) is 6.19. The number of primary amides is 1. The van der Waals surface area contributed by atoms with Gasteiger partial charge in [0.25, 0.3) is 5.91 Å². The summed E-state index contributed by atoms with van der Waals surface area (Å²) in [7, 11) is 1.56. The highest BCUT2D eigenvalue weighted by Gasteiger charge is 2.32. The van der Waals surface area contributed by atoms with E-state index in [4.69, 9.17) is 10.5 Å². The maximum absolute atomic E-state index is 12.4. The van der Waals surface area contributed by atoms with Crippen molar-refractivity contribution in [2.75, 3.05) is 33.3 Å². The number of hydrogen-bond donors (Lipinski definition) is 3. The number of methoxy groups -OCH3 is 1. The minimum absolute atomic E-state index is 0.0225. The molecule has 1 fully saturated rings. The van der Waals surface area contributed by atoms with Crippen molar-refractivity contribution in [3.8, 4) is 11.8 Å². The largest absolute Gasteiger partial charge is 0.496 e. The topological polar surface area (TPSA) is 134 Å². The monoisotopic (exact) mass is 455 g/mol. The highest BCUT2D eigenvalue weighted by molar-refractivity contribution is 5.99. The number of nitriles is 1. The molecule has 178 valence electrons. The highest BCUT2D eigenvalue weighted by Crippen LogP contribution is 2.34. The van der Waals surface area contributed by atoms with Crippen molar-refractivity contribution >= 4 is 22.7 Å². The van der Waals surface area contributed by atoms with Crippen LogP contribution in [0.15, 0.2) is 24.3 Å². The molecule has 3 atom stereocenters. The molecule has 0 radical (unpaired) electrons. The first-order valence-corrected chi connectivity index (χ1v) is 11.3. The molecule has 2 amide bonds. The Labute approximate surface area is 194 Å². The molecule has 1 aromatic carbocycles. The number of ether oxygens (including phenoxy) is 1. The van der Waals surface area contributed by atoms with Crippen LogP contribution in [-0.4, -0.2) is 65.8 Å². The predicted molar refractivity (Wildman–Crippen MR) is 125 cm³/mol. The second kappa shape index (κ2) is 10.7. The van der Waals surface area contributed by atoms with Crippen molar-refractivity contribution in [3.63, 3.8) is 0 Å². The summed E-state index contributed by atoms with van der Waals surface area (Å²) in [5.74, 6) is 0.0201. The minimum atomic E-state index is -0.898. The Morgan fingerprint density at radius 1 is 1.45 bits per heavy atom. The summed E-state index contributed by atoms with van der Waals surface area (Å²) in [5, 5.41) is 24.3. The number of aliphatic hydroxyl groups excluding tert-OH is 1. The quantitative estimate of drug-likeness (QED) is 0.441. The van der Waals surface area contributed by atoms with Crippen LogP contribution >= 0.6 is 0 Å². The Balaban J connectivity index is 1.98. The first-order chi connectivity index (χ1) is 15.8. The second-order valence-electron chi connectivity index (χ2n) is 9.05. The molecule has 9 heteroatoms. The number of carbonyl (C=O) groups excluding carboxylic acids is 2. The number of nitrogens with one attached hydrogen (secondary N) is 1. The van der Waals surface area contributed by atoms with Crippen LogP contribution in [0, 0.1) is 23.2 Å². The Morgan fingerprint density at radius 3 is 2.79 bits per heavy atom. The first-order valence-electron chi connectivity index (χ1n) is 11.3. The van der Waals surface area contributed by atoms with Crippen molar-refractivity contribution < 1.29 is 19.4 Å². The van der Waals surface area contributed by atoms with Gasteiger partial charge in [-0.1, -0.05) is 19.9 Å². The van der Waals surface area contributed by atoms with Gasteiger partial charge in [-0.3, -0.25) is 14.5 Å². The van der Waals surface area contributed by atoms with E-state index in [1.54, 1.807) is 17.7 Å². The molecule has 4 N–H and O–H groups in total. The van der Waals surface area contributed by atoms with Crippen LogP contribution in [0.2, 0.25) is 0 Å². The summed E-state index contributed by atoms with van der Waals surface area (Å²) < 4.78 is 7.27. The number of amides is 2. The summed E-state index contributed by atoms with van der Waals surface area (Å²) >= 11 is 0. The average Bonchev–Trinajstić information content (AvgIpc) is 3.35. The molecule has 2 heterocycles. The molecule has 1 aliphatic rings. The van der Waals surface area contributed by atoms with Gasteiger partial charge in [0.15, 0.2) is 0 Å². The van der Waals surface area contributed by atoms with Gasteiger partial charge in [0, 0.05) is 25.0 Å². The molecular formula is C24H33N5O4. The fourth-order valence-electron chi connectivity index (χ4n) is 4.69. The van der Waals surface area contributed by atoms with E-state index in [1.165, 1.54) is 0 Å². The van der Waals surface area contributed by atoms with Crippen LogP contribution in [-0.2, 0) is 4.79 Å². The molecule has 2 aromatic rings. The summed E-state index contributed by atoms with van der Waals surface area (Å²) in [4.78, 5) is 26.2. The number of nitrogens with two attached hydrogens (primary N) is 1. The Hall–Kier alpha value is -3.09. The molecule has 1 aliphatic heterocycles. The van der Waals surface area contributed by atoms with Crippen LogP contribution in [0.1, 0.15) is 43.2 Å². The van der Waals surface area contributed by atoms with E-state index in [1.807, 2.05) is 36.9 Å². The van der Waals surface area contributed by atoms with Crippen LogP contribution in [0.25, 0.3) is 10.9 Å². The van der Waals surface area contributed by atoms with E-state index in [0.29, 0.717) is 37.4 Å². The van der Waals surface area contributed by atoms with Crippen LogP contribution in [0.5, 0.6) is 5.75 Å². The smallest absolute Gasteiger partial charge is 0.265 e. The van der Waals surface area contributed by atoms with Crippen LogP contribution in [0.3, 0.4) is 0 Å². The molecule has 33 heavy (non-hydrogen) atoms. The number of rotatable bonds is 11. The number of carbonyl (C=O) groups is 2. The summed E-state index contributed by atoms with van der Waals surface area (Å²) in [5.41, 5.74) is 6.77. The normalized spacial score (nSPS) is 17.8. The third-order valence-electron chi connectivity index (χ3n) is 6.19. The van der Waals surface area contributed by atoms with Gasteiger partial charge >= 0.3 is 0 Å². The van der Waals surface area contributed by atoms with E-state index < -0.39 is 18.1 Å². The predicted octanol–water partition coefficient (Wildman–Crippen LogP) is 1.66. The molecule has 0 bridgehead atoms. The summed E-state index contributed by atoms with van der Waals surface area (Å²) in [6.07, 6.45) is 0.400. The molecule has 0 saturated carbocycles. The Morgan fingerprint density at radius 2 is 2.21 bits per heavy atom. The van der Waals surface area contributed by atoms with Crippen molar-refractivity contribution in [2.45, 2.75) is 38.8 Å². The lowest BCUT2D eigenvalue weighted by Crippen LogP contribution is -2.42. The van der Waals surface area contributed by atoms with Crippen molar-refractivity contribution in [2.24, 2.45) is 17.6 Å². The van der Waals surface area contributed by atoms with Gasteiger partial charge in [-0.25, -0.2) is 0 Å². The van der Waals surface area contributed by atoms with Gasteiger partial charge in [0.1, 0.15) is 11.4 Å². The van der Waals surface area contributed by atoms with Crippen molar-refractivity contribution in [1.29, 1.82) is 5.26 Å². The molecule has 0 aliphatic carbocycles. The van der Waals surface area contributed by atoms with Gasteiger partial charge in [-0.05, 0) is 37.0 Å². The van der Waals surface area contributed by atoms with Crippen LogP contribution < -0.4 is 15.8 Å². The summed E-state index contributed by atoms with van der Waals surface area (Å²) in [6, 6.07) is 8.90. The van der Waals surface area contributed by atoms with Gasteiger partial charge < -0.3 is 25.5 Å². The zero-order chi connectivity index (χ0) is 24.1. The van der Waals surface area contributed by atoms with Crippen molar-refractivity contribution in [3.05, 3.63) is 30.0 Å². The number of benzene rings is 1. The zero-order valence-corrected chi connectivity index (χ0v) is 19.5. The highest BCUT2D eigenvalue weighted by atomic mass is 16.5. The Kier molecular flexibility index (Phi) is 7.95. The van der Waals surface area contributed by atoms with E-state index >= 15 is 0 Å². The maximum Gasteiger partial charge on any atom is 0.265 e. The zero-order valence-electron chi connectivity index (χ0n) is 19.5. The van der Waals surface area contributed by atoms with E-state index in [9.17, 15) is 20.0 Å². The lowest BCUT2D eigenvalue weighted by atomic mass is 9.97. The maximum atomic E-state index is 12.4. The van der Waals surface area contributed by atoms with E-state index in [-0.39, 0.29) is 30.8 Å². The first kappa shape index (κ1) is 24.6. The Bertz CT molecular complexity index is 1040.